The van der Waals surface area contributed by atoms with E-state index in [2.05, 4.69) is 0 Å². The van der Waals surface area contributed by atoms with Gasteiger partial charge in [0.25, 0.3) is 11.8 Å². The first-order chi connectivity index (χ1) is 20.1. The molecule has 0 saturated carbocycles. The summed E-state index contributed by atoms with van der Waals surface area (Å²) in [7, 11) is 0. The zero-order valence-electron chi connectivity index (χ0n) is 21.3. The summed E-state index contributed by atoms with van der Waals surface area (Å²) in [6.07, 6.45) is -3.55. The molecule has 1 aliphatic heterocycles. The molecule has 2 amide bonds. The summed E-state index contributed by atoms with van der Waals surface area (Å²) < 4.78 is 45.2. The highest BCUT2D eigenvalue weighted by molar-refractivity contribution is 7.81. The van der Waals surface area contributed by atoms with Crippen molar-refractivity contribution in [3.8, 4) is 11.5 Å². The van der Waals surface area contributed by atoms with Gasteiger partial charge in [-0.15, -0.1) is 0 Å². The van der Waals surface area contributed by atoms with E-state index in [-0.39, 0.29) is 22.0 Å². The topological polar surface area (TPSA) is 93.0 Å². The quantitative estimate of drug-likeness (QED) is 0.0780. The third-order valence-corrected chi connectivity index (χ3v) is 6.57. The number of halogens is 3. The second kappa shape index (κ2) is 11.3. The molecule has 0 aromatic heterocycles. The zero-order valence-corrected chi connectivity index (χ0v) is 22.1. The molecule has 0 spiro atoms. The number of hydrogen-bond donors (Lipinski definition) is 0. The normalized spacial score (nSPS) is 13.8. The zero-order chi connectivity index (χ0) is 30.0. The highest BCUT2D eigenvalue weighted by Crippen LogP contribution is 2.39. The van der Waals surface area contributed by atoms with Crippen molar-refractivity contribution in [1.29, 1.82) is 0 Å². The Morgan fingerprint density at radius 3 is 1.81 bits per heavy atom. The monoisotopic (exact) mass is 589 g/mol. The molecule has 4 aromatic carbocycles. The molecule has 0 bridgehead atoms. The highest BCUT2D eigenvalue weighted by atomic mass is 32.1. The molecule has 0 radical (unpaired) electrons. The summed E-state index contributed by atoms with van der Waals surface area (Å²) in [4.78, 5) is 40.5. The lowest BCUT2D eigenvalue weighted by atomic mass is 10.0. The molecule has 0 N–H and O–H groups in total. The second-order valence-corrected chi connectivity index (χ2v) is 9.24. The van der Waals surface area contributed by atoms with E-state index in [1.54, 1.807) is 66.7 Å². The summed E-state index contributed by atoms with van der Waals surface area (Å²) in [5, 5.41) is 11.5. The number of nitro groups is 1. The van der Waals surface area contributed by atoms with Crippen molar-refractivity contribution in [1.82, 2.24) is 0 Å². The molecule has 1 aliphatic rings. The summed E-state index contributed by atoms with van der Waals surface area (Å²) in [5.74, 6) is -1.95. The van der Waals surface area contributed by atoms with Gasteiger partial charge in [-0.05, 0) is 60.8 Å². The average molecular weight is 590 g/mol. The number of amides is 2. The minimum atomic E-state index is -4.80. The Hall–Kier alpha value is -5.36. The van der Waals surface area contributed by atoms with Gasteiger partial charge in [0.05, 0.1) is 21.9 Å². The number of nitro benzene ring substituents is 1. The number of benzene rings is 4. The molecule has 12 heteroatoms. The van der Waals surface area contributed by atoms with Crippen LogP contribution in [0.15, 0.2) is 109 Å². The largest absolute Gasteiger partial charge is 0.449 e. The van der Waals surface area contributed by atoms with Gasteiger partial charge in [0.2, 0.25) is 5.75 Å². The third-order valence-electron chi connectivity index (χ3n) is 6.20. The maximum absolute atomic E-state index is 13.8. The molecule has 0 atom stereocenters. The number of carbonyl (C=O) groups excluding carboxylic acids is 2. The Bertz CT molecular complexity index is 1680. The fourth-order valence-corrected chi connectivity index (χ4v) is 4.61. The van der Waals surface area contributed by atoms with E-state index in [0.29, 0.717) is 23.5 Å². The number of hydrogen-bond acceptors (Lipinski definition) is 6. The number of alkyl halides is 3. The first kappa shape index (κ1) is 28.2. The van der Waals surface area contributed by atoms with Crippen LogP contribution in [0.2, 0.25) is 0 Å². The number of thiocarbonyl (C=S) groups is 1. The number of para-hydroxylation sites is 3. The van der Waals surface area contributed by atoms with Crippen molar-refractivity contribution in [2.45, 2.75) is 6.18 Å². The van der Waals surface area contributed by atoms with Crippen LogP contribution in [-0.2, 0) is 15.8 Å². The van der Waals surface area contributed by atoms with Crippen LogP contribution in [0.1, 0.15) is 11.1 Å². The Kier molecular flexibility index (Phi) is 7.55. The van der Waals surface area contributed by atoms with Crippen LogP contribution >= 0.6 is 12.2 Å². The van der Waals surface area contributed by atoms with Crippen molar-refractivity contribution in [3.63, 3.8) is 0 Å². The van der Waals surface area contributed by atoms with Crippen LogP contribution in [-0.4, -0.2) is 21.9 Å². The van der Waals surface area contributed by atoms with E-state index >= 15 is 0 Å². The Morgan fingerprint density at radius 1 is 0.762 bits per heavy atom. The van der Waals surface area contributed by atoms with Gasteiger partial charge in [-0.25, -0.2) is 0 Å². The van der Waals surface area contributed by atoms with E-state index < -0.39 is 39.9 Å². The maximum atomic E-state index is 13.8. The molecule has 4 aromatic rings. The molecule has 1 saturated heterocycles. The molecular formula is C30H18F3N3O5S. The fourth-order valence-electron chi connectivity index (χ4n) is 4.23. The Labute approximate surface area is 242 Å². The molecule has 0 aliphatic carbocycles. The van der Waals surface area contributed by atoms with Gasteiger partial charge < -0.3 is 4.74 Å². The van der Waals surface area contributed by atoms with Gasteiger partial charge >= 0.3 is 11.9 Å². The van der Waals surface area contributed by atoms with E-state index in [1.165, 1.54) is 34.1 Å². The van der Waals surface area contributed by atoms with Crippen LogP contribution in [0.3, 0.4) is 0 Å². The maximum Gasteiger partial charge on any atom is 0.416 e. The fraction of sp³-hybridized carbons (Fsp3) is 0.0333. The first-order valence-electron chi connectivity index (χ1n) is 12.2. The van der Waals surface area contributed by atoms with Crippen molar-refractivity contribution in [3.05, 3.63) is 130 Å². The first-order valence-corrected chi connectivity index (χ1v) is 12.6. The van der Waals surface area contributed by atoms with Gasteiger partial charge in [0.1, 0.15) is 11.3 Å². The minimum absolute atomic E-state index is 0.0425. The number of carbonyl (C=O) groups is 2. The Balaban J connectivity index is 1.60. The van der Waals surface area contributed by atoms with Gasteiger partial charge in [0, 0.05) is 11.6 Å². The highest BCUT2D eigenvalue weighted by Gasteiger charge is 2.41. The van der Waals surface area contributed by atoms with Crippen LogP contribution in [0, 0.1) is 10.1 Å². The SMILES string of the molecule is O=C1C(=Cc2ccccc2Oc2ccc(C(F)(F)F)cc2[N+](=O)[O-])C(=O)N(c2ccccc2)C(=S)N1c1ccccc1. The molecule has 1 fully saturated rings. The van der Waals surface area contributed by atoms with Crippen LogP contribution in [0.4, 0.5) is 30.2 Å². The molecule has 0 unspecified atom stereocenters. The van der Waals surface area contributed by atoms with E-state index in [1.807, 2.05) is 0 Å². The van der Waals surface area contributed by atoms with E-state index in [0.717, 1.165) is 6.07 Å². The third kappa shape index (κ3) is 5.47. The molecule has 8 nitrogen and oxygen atoms in total. The summed E-state index contributed by atoms with van der Waals surface area (Å²) in [6, 6.07) is 24.8. The van der Waals surface area contributed by atoms with Crippen LogP contribution in [0.5, 0.6) is 11.5 Å². The van der Waals surface area contributed by atoms with Gasteiger partial charge in [-0.3, -0.25) is 29.5 Å². The van der Waals surface area contributed by atoms with E-state index in [9.17, 15) is 32.9 Å². The summed E-state index contributed by atoms with van der Waals surface area (Å²) >= 11 is 5.59. The molecule has 1 heterocycles. The van der Waals surface area contributed by atoms with Gasteiger partial charge in [0.15, 0.2) is 5.11 Å². The van der Waals surface area contributed by atoms with Gasteiger partial charge in [-0.1, -0.05) is 54.6 Å². The van der Waals surface area contributed by atoms with Gasteiger partial charge in [-0.2, -0.15) is 13.2 Å². The smallest absolute Gasteiger partial charge is 0.416 e. The standard InChI is InChI=1S/C30H18F3N3O5S/c31-30(32,33)20-15-16-26(24(18-20)36(39)40)41-25-14-8-7-9-19(25)17-23-27(37)34(21-10-3-1-4-11-21)29(42)35(28(23)38)22-12-5-2-6-13-22/h1-18H. The number of rotatable bonds is 6. The Morgan fingerprint density at radius 2 is 1.29 bits per heavy atom. The molecule has 210 valence electrons. The number of anilines is 2. The second-order valence-electron chi connectivity index (χ2n) is 8.87. The molecular weight excluding hydrogens is 571 g/mol. The van der Waals surface area contributed by atoms with Crippen LogP contribution in [0.25, 0.3) is 6.08 Å². The number of nitrogens with zero attached hydrogens (tertiary/aromatic N) is 3. The summed E-state index contributed by atoms with van der Waals surface area (Å²) in [5.41, 5.74) is -1.43. The van der Waals surface area contributed by atoms with Crippen molar-refractivity contribution in [2.75, 3.05) is 9.80 Å². The van der Waals surface area contributed by atoms with Crippen molar-refractivity contribution >= 4 is 52.3 Å². The lowest BCUT2D eigenvalue weighted by molar-refractivity contribution is -0.385. The van der Waals surface area contributed by atoms with Crippen molar-refractivity contribution in [2.24, 2.45) is 0 Å². The predicted octanol–water partition coefficient (Wildman–Crippen LogP) is 7.15. The average Bonchev–Trinajstić information content (AvgIpc) is 2.97. The predicted molar refractivity (Wildman–Crippen MR) is 153 cm³/mol. The van der Waals surface area contributed by atoms with E-state index in [4.69, 9.17) is 17.0 Å². The number of ether oxygens (including phenoxy) is 1. The minimum Gasteiger partial charge on any atom is -0.449 e. The lowest BCUT2D eigenvalue weighted by Gasteiger charge is -2.36. The lowest BCUT2D eigenvalue weighted by Crippen LogP contribution is -2.56. The summed E-state index contributed by atoms with van der Waals surface area (Å²) in [6.45, 7) is 0. The van der Waals surface area contributed by atoms with Crippen LogP contribution < -0.4 is 14.5 Å². The van der Waals surface area contributed by atoms with Crippen molar-refractivity contribution < 1.29 is 32.4 Å². The molecule has 5 rings (SSSR count). The molecule has 42 heavy (non-hydrogen) atoms.